The minimum atomic E-state index is -4.64. The first-order valence-electron chi connectivity index (χ1n) is 25.1. The van der Waals surface area contributed by atoms with Crippen LogP contribution >= 0.6 is 7.82 Å². The van der Waals surface area contributed by atoms with Gasteiger partial charge in [0.25, 0.3) is 0 Å². The maximum absolute atomic E-state index is 12.4. The van der Waals surface area contributed by atoms with E-state index >= 15 is 0 Å². The first kappa shape index (κ1) is 58.7. The minimum absolute atomic E-state index is 0.194. The summed E-state index contributed by atoms with van der Waals surface area (Å²) in [4.78, 5) is 34.6. The van der Waals surface area contributed by atoms with Crippen molar-refractivity contribution in [3.8, 4) is 0 Å². The minimum Gasteiger partial charge on any atom is -0.457 e. The summed E-state index contributed by atoms with van der Waals surface area (Å²) >= 11 is 0. The zero-order valence-electron chi connectivity index (χ0n) is 38.9. The number of allylic oxidation sites excluding steroid dienone is 2. The Morgan fingerprint density at radius 2 is 0.683 bits per heavy atom. The van der Waals surface area contributed by atoms with E-state index in [1.54, 1.807) is 0 Å². The van der Waals surface area contributed by atoms with Crippen LogP contribution in [-0.2, 0) is 32.7 Å². The second-order valence-electron chi connectivity index (χ2n) is 17.2. The molecule has 0 aliphatic heterocycles. The normalized spacial score (nSPS) is 13.8. The van der Waals surface area contributed by atoms with Gasteiger partial charge in [-0.1, -0.05) is 212 Å². The van der Waals surface area contributed by atoms with Gasteiger partial charge in [0.2, 0.25) is 0 Å². The number of hydrogen-bond donors (Lipinski definition) is 3. The molecule has 0 aromatic heterocycles. The van der Waals surface area contributed by atoms with E-state index in [0.29, 0.717) is 12.8 Å². The van der Waals surface area contributed by atoms with E-state index in [0.717, 1.165) is 38.5 Å². The van der Waals surface area contributed by atoms with Crippen molar-refractivity contribution in [1.29, 1.82) is 0 Å². The third-order valence-electron chi connectivity index (χ3n) is 11.2. The molecule has 356 valence electrons. The Morgan fingerprint density at radius 1 is 0.433 bits per heavy atom. The number of aliphatic hydroxyl groups excluding tert-OH is 2. The van der Waals surface area contributed by atoms with Gasteiger partial charge in [-0.05, 0) is 38.5 Å². The van der Waals surface area contributed by atoms with Crippen LogP contribution in [0.2, 0.25) is 0 Å². The highest BCUT2D eigenvalue weighted by Gasteiger charge is 2.27. The molecule has 0 amide bonds. The fraction of sp³-hybridized carbons (Fsp3) is 0.918. The zero-order valence-corrected chi connectivity index (χ0v) is 39.8. The second-order valence-corrected chi connectivity index (χ2v) is 18.6. The molecule has 10 nitrogen and oxygen atoms in total. The molecule has 0 saturated heterocycles. The van der Waals surface area contributed by atoms with Crippen molar-refractivity contribution in [3.63, 3.8) is 0 Å². The van der Waals surface area contributed by atoms with E-state index in [9.17, 15) is 29.3 Å². The molecule has 0 spiro atoms. The first-order valence-corrected chi connectivity index (χ1v) is 26.6. The van der Waals surface area contributed by atoms with Crippen molar-refractivity contribution >= 4 is 19.8 Å². The summed E-state index contributed by atoms with van der Waals surface area (Å²) in [6, 6.07) is 0. The second kappa shape index (κ2) is 45.7. The average Bonchev–Trinajstić information content (AvgIpc) is 3.24. The molecule has 11 heteroatoms. The lowest BCUT2D eigenvalue weighted by Crippen LogP contribution is -2.28. The Hall–Kier alpha value is -1.29. The molecule has 0 rings (SSSR count). The van der Waals surface area contributed by atoms with Gasteiger partial charge >= 0.3 is 19.8 Å². The standard InChI is InChI=1S/C49H95O10P/c1-3-5-7-9-11-13-15-17-19-21-22-23-24-25-27-29-31-33-35-37-39-41-49(53)59-47(43-51)45-57-60(54,55)56-44-46(42-50)58-48(52)40-38-36-34-32-30-28-26-20-18-16-14-12-10-8-6-4-2/h21-22,46-47,50-51H,3-20,23-45H2,1-2H3,(H,54,55)/b22-21-. The topological polar surface area (TPSA) is 149 Å². The molecular formula is C49H95O10P. The van der Waals surface area contributed by atoms with Crippen molar-refractivity contribution in [2.24, 2.45) is 0 Å². The molecule has 3 N–H and O–H groups in total. The van der Waals surface area contributed by atoms with Gasteiger partial charge in [0.05, 0.1) is 26.4 Å². The molecule has 0 saturated carbocycles. The number of phosphoric acid groups is 1. The molecule has 0 aromatic rings. The molecule has 0 aliphatic carbocycles. The molecule has 0 fully saturated rings. The van der Waals surface area contributed by atoms with E-state index in [2.05, 4.69) is 26.0 Å². The Morgan fingerprint density at radius 3 is 0.950 bits per heavy atom. The largest absolute Gasteiger partial charge is 0.472 e. The van der Waals surface area contributed by atoms with Crippen LogP contribution in [0.5, 0.6) is 0 Å². The summed E-state index contributed by atoms with van der Waals surface area (Å²) in [6.07, 6.45) is 46.1. The van der Waals surface area contributed by atoms with E-state index < -0.39 is 58.4 Å². The van der Waals surface area contributed by atoms with Gasteiger partial charge in [-0.3, -0.25) is 18.6 Å². The third-order valence-corrected chi connectivity index (χ3v) is 12.2. The monoisotopic (exact) mass is 875 g/mol. The van der Waals surface area contributed by atoms with Gasteiger partial charge in [0.15, 0.2) is 0 Å². The molecular weight excluding hydrogens is 780 g/mol. The number of rotatable bonds is 48. The fourth-order valence-electron chi connectivity index (χ4n) is 7.35. The molecule has 0 aromatic carbocycles. The summed E-state index contributed by atoms with van der Waals surface area (Å²) < 4.78 is 32.7. The highest BCUT2D eigenvalue weighted by molar-refractivity contribution is 7.47. The van der Waals surface area contributed by atoms with Crippen LogP contribution in [-0.4, -0.2) is 65.7 Å². The Kier molecular flexibility index (Phi) is 44.7. The lowest BCUT2D eigenvalue weighted by Gasteiger charge is -2.20. The van der Waals surface area contributed by atoms with Crippen molar-refractivity contribution in [2.45, 2.75) is 264 Å². The van der Waals surface area contributed by atoms with Crippen molar-refractivity contribution in [3.05, 3.63) is 12.2 Å². The van der Waals surface area contributed by atoms with Crippen LogP contribution in [0.3, 0.4) is 0 Å². The molecule has 0 radical (unpaired) electrons. The number of unbranched alkanes of at least 4 members (excludes halogenated alkanes) is 32. The number of esters is 2. The molecule has 0 aliphatic rings. The van der Waals surface area contributed by atoms with Crippen molar-refractivity contribution in [2.75, 3.05) is 26.4 Å². The van der Waals surface area contributed by atoms with Crippen LogP contribution in [0.4, 0.5) is 0 Å². The van der Waals surface area contributed by atoms with Crippen LogP contribution in [0.15, 0.2) is 12.2 Å². The number of carbonyl (C=O) groups excluding carboxylic acids is 2. The van der Waals surface area contributed by atoms with Crippen LogP contribution in [0, 0.1) is 0 Å². The molecule has 3 unspecified atom stereocenters. The van der Waals surface area contributed by atoms with Gasteiger partial charge in [0.1, 0.15) is 12.2 Å². The first-order chi connectivity index (χ1) is 29.3. The Balaban J connectivity index is 3.82. The molecule has 60 heavy (non-hydrogen) atoms. The van der Waals surface area contributed by atoms with Crippen LogP contribution in [0.25, 0.3) is 0 Å². The van der Waals surface area contributed by atoms with Crippen LogP contribution < -0.4 is 0 Å². The molecule has 0 bridgehead atoms. The van der Waals surface area contributed by atoms with E-state index in [-0.39, 0.29) is 12.8 Å². The number of phosphoric ester groups is 1. The number of aliphatic hydroxyl groups is 2. The maximum Gasteiger partial charge on any atom is 0.472 e. The predicted octanol–water partition coefficient (Wildman–Crippen LogP) is 14.0. The zero-order chi connectivity index (χ0) is 44.0. The number of ether oxygens (including phenoxy) is 2. The smallest absolute Gasteiger partial charge is 0.457 e. The van der Waals surface area contributed by atoms with Gasteiger partial charge in [-0.2, -0.15) is 0 Å². The highest BCUT2D eigenvalue weighted by Crippen LogP contribution is 2.43. The molecule has 3 atom stereocenters. The quantitative estimate of drug-likeness (QED) is 0.0233. The summed E-state index contributed by atoms with van der Waals surface area (Å²) in [5.74, 6) is -1.01. The Bertz CT molecular complexity index is 1010. The molecule has 0 heterocycles. The summed E-state index contributed by atoms with van der Waals surface area (Å²) in [7, 11) is -4.64. The number of hydrogen-bond acceptors (Lipinski definition) is 9. The van der Waals surface area contributed by atoms with Crippen molar-refractivity contribution < 1.29 is 47.8 Å². The van der Waals surface area contributed by atoms with E-state index in [4.69, 9.17) is 18.5 Å². The fourth-order valence-corrected chi connectivity index (χ4v) is 8.13. The third kappa shape index (κ3) is 43.4. The van der Waals surface area contributed by atoms with Gasteiger partial charge in [0, 0.05) is 12.8 Å². The van der Waals surface area contributed by atoms with Gasteiger partial charge < -0.3 is 24.6 Å². The predicted molar refractivity (Wildman–Crippen MR) is 247 cm³/mol. The summed E-state index contributed by atoms with van der Waals surface area (Å²) in [6.45, 7) is 2.26. The van der Waals surface area contributed by atoms with Gasteiger partial charge in [-0.15, -0.1) is 0 Å². The van der Waals surface area contributed by atoms with E-state index in [1.165, 1.54) is 173 Å². The van der Waals surface area contributed by atoms with E-state index in [1.807, 2.05) is 0 Å². The van der Waals surface area contributed by atoms with Crippen LogP contribution in [0.1, 0.15) is 251 Å². The van der Waals surface area contributed by atoms with Crippen molar-refractivity contribution in [1.82, 2.24) is 0 Å². The Labute approximate surface area is 368 Å². The maximum atomic E-state index is 12.4. The highest BCUT2D eigenvalue weighted by atomic mass is 31.2. The summed E-state index contributed by atoms with van der Waals surface area (Å²) in [5, 5.41) is 19.2. The van der Waals surface area contributed by atoms with Gasteiger partial charge in [-0.25, -0.2) is 4.57 Å². The summed E-state index contributed by atoms with van der Waals surface area (Å²) in [5.41, 5.74) is 0. The SMILES string of the molecule is CCCCCCCCCC/C=C\CCCCCCCCCCCC(=O)OC(CO)COP(=O)(O)OCC(CO)OC(=O)CCCCCCCCCCCCCCCCCC. The lowest BCUT2D eigenvalue weighted by molar-refractivity contribution is -0.153. The lowest BCUT2D eigenvalue weighted by atomic mass is 10.0. The average molecular weight is 875 g/mol. The number of carbonyl (C=O) groups is 2.